The topological polar surface area (TPSA) is 72.7 Å². The number of nitriles is 1. The molecule has 2 saturated heterocycles. The first-order chi connectivity index (χ1) is 14.3. The van der Waals surface area contributed by atoms with Crippen LogP contribution in [0, 0.1) is 11.3 Å². The van der Waals surface area contributed by atoms with E-state index in [-0.39, 0.29) is 11.9 Å². The van der Waals surface area contributed by atoms with E-state index in [9.17, 15) is 4.79 Å². The van der Waals surface area contributed by atoms with Crippen molar-refractivity contribution < 1.29 is 9.53 Å². The van der Waals surface area contributed by atoms with E-state index in [1.54, 1.807) is 12.4 Å². The number of carbonyl (C=O) groups excluding carboxylic acids is 1. The number of piperazine rings is 1. The first kappa shape index (κ1) is 19.4. The standard InChI is InChI=1S/C22H25N5O2/c23-16-18-3-5-20(6-4-18)25-8-10-27(11-9-25)22(28)21(19-2-1-7-24-17-19)26-12-14-29-15-13-26/h1-7,17,21H,8-15H2. The van der Waals surface area contributed by atoms with Crippen molar-refractivity contribution >= 4 is 11.6 Å². The Morgan fingerprint density at radius 2 is 1.76 bits per heavy atom. The summed E-state index contributed by atoms with van der Waals surface area (Å²) in [6, 6.07) is 13.3. The van der Waals surface area contributed by atoms with E-state index in [4.69, 9.17) is 10.00 Å². The van der Waals surface area contributed by atoms with Crippen molar-refractivity contribution in [3.8, 4) is 6.07 Å². The molecule has 0 radical (unpaired) electrons. The van der Waals surface area contributed by atoms with Gasteiger partial charge in [0.15, 0.2) is 0 Å². The molecule has 0 aliphatic carbocycles. The van der Waals surface area contributed by atoms with E-state index < -0.39 is 0 Å². The highest BCUT2D eigenvalue weighted by Crippen LogP contribution is 2.25. The number of ether oxygens (including phenoxy) is 1. The number of morpholine rings is 1. The number of nitrogens with zero attached hydrogens (tertiary/aromatic N) is 5. The first-order valence-corrected chi connectivity index (χ1v) is 10.0. The second-order valence-electron chi connectivity index (χ2n) is 7.31. The van der Waals surface area contributed by atoms with E-state index in [0.29, 0.717) is 31.9 Å². The molecule has 7 nitrogen and oxygen atoms in total. The van der Waals surface area contributed by atoms with Crippen LogP contribution in [0.25, 0.3) is 0 Å². The zero-order chi connectivity index (χ0) is 20.1. The molecule has 2 fully saturated rings. The van der Waals surface area contributed by atoms with Crippen LogP contribution in [0.5, 0.6) is 0 Å². The molecule has 3 heterocycles. The van der Waals surface area contributed by atoms with Gasteiger partial charge in [-0.1, -0.05) is 6.07 Å². The molecule has 2 aromatic rings. The number of carbonyl (C=O) groups is 1. The molecule has 1 aromatic carbocycles. The third kappa shape index (κ3) is 4.39. The highest BCUT2D eigenvalue weighted by Gasteiger charge is 2.34. The lowest BCUT2D eigenvalue weighted by Crippen LogP contribution is -2.53. The van der Waals surface area contributed by atoms with Gasteiger partial charge in [-0.15, -0.1) is 0 Å². The molecule has 0 spiro atoms. The number of anilines is 1. The number of rotatable bonds is 4. The maximum Gasteiger partial charge on any atom is 0.244 e. The van der Waals surface area contributed by atoms with Crippen molar-refractivity contribution in [3.05, 3.63) is 59.9 Å². The van der Waals surface area contributed by atoms with Gasteiger partial charge in [-0.05, 0) is 35.9 Å². The van der Waals surface area contributed by atoms with Crippen LogP contribution >= 0.6 is 0 Å². The minimum atomic E-state index is -0.311. The van der Waals surface area contributed by atoms with Crippen LogP contribution in [-0.2, 0) is 9.53 Å². The number of hydrogen-bond acceptors (Lipinski definition) is 6. The summed E-state index contributed by atoms with van der Waals surface area (Å²) < 4.78 is 5.48. The zero-order valence-corrected chi connectivity index (χ0v) is 16.4. The molecule has 1 aromatic heterocycles. The molecular formula is C22H25N5O2. The Labute approximate surface area is 171 Å². The highest BCUT2D eigenvalue weighted by molar-refractivity contribution is 5.83. The fraction of sp³-hybridized carbons (Fsp3) is 0.409. The predicted octanol–water partition coefficient (Wildman–Crippen LogP) is 1.68. The van der Waals surface area contributed by atoms with Crippen LogP contribution in [-0.4, -0.2) is 73.2 Å². The normalized spacial score (nSPS) is 18.9. The van der Waals surface area contributed by atoms with Gasteiger partial charge in [0.1, 0.15) is 6.04 Å². The summed E-state index contributed by atoms with van der Waals surface area (Å²) in [6.45, 7) is 5.71. The van der Waals surface area contributed by atoms with Crippen LogP contribution in [0.3, 0.4) is 0 Å². The molecular weight excluding hydrogens is 366 g/mol. The number of pyridine rings is 1. The molecule has 150 valence electrons. The van der Waals surface area contributed by atoms with Gasteiger partial charge >= 0.3 is 0 Å². The summed E-state index contributed by atoms with van der Waals surface area (Å²) in [5, 5.41) is 8.96. The van der Waals surface area contributed by atoms with Crippen LogP contribution in [0.15, 0.2) is 48.8 Å². The van der Waals surface area contributed by atoms with E-state index in [2.05, 4.69) is 20.9 Å². The summed E-state index contributed by atoms with van der Waals surface area (Å²) in [5.74, 6) is 0.138. The fourth-order valence-corrected chi connectivity index (χ4v) is 3.99. The van der Waals surface area contributed by atoms with Crippen LogP contribution in [0.2, 0.25) is 0 Å². The lowest BCUT2D eigenvalue weighted by molar-refractivity contribution is -0.139. The van der Waals surface area contributed by atoms with Gasteiger partial charge in [-0.3, -0.25) is 14.7 Å². The molecule has 0 saturated carbocycles. The van der Waals surface area contributed by atoms with Crippen molar-refractivity contribution in [2.75, 3.05) is 57.4 Å². The summed E-state index contributed by atoms with van der Waals surface area (Å²) in [4.78, 5) is 24.2. The smallest absolute Gasteiger partial charge is 0.244 e. The summed E-state index contributed by atoms with van der Waals surface area (Å²) >= 11 is 0. The van der Waals surface area contributed by atoms with Gasteiger partial charge in [0, 0.05) is 57.3 Å². The molecule has 7 heteroatoms. The number of hydrogen-bond donors (Lipinski definition) is 0. The Hall–Kier alpha value is -2.95. The number of aromatic nitrogens is 1. The molecule has 2 aliphatic rings. The van der Waals surface area contributed by atoms with Gasteiger partial charge < -0.3 is 14.5 Å². The summed E-state index contributed by atoms with van der Waals surface area (Å²) in [5.41, 5.74) is 2.69. The molecule has 1 amide bonds. The fourth-order valence-electron chi connectivity index (χ4n) is 3.99. The molecule has 0 bridgehead atoms. The minimum absolute atomic E-state index is 0.138. The molecule has 29 heavy (non-hydrogen) atoms. The zero-order valence-electron chi connectivity index (χ0n) is 16.4. The maximum atomic E-state index is 13.5. The van der Waals surface area contributed by atoms with Crippen molar-refractivity contribution in [1.82, 2.24) is 14.8 Å². The number of benzene rings is 1. The monoisotopic (exact) mass is 391 g/mol. The second kappa shape index (κ2) is 9.03. The average Bonchev–Trinajstić information content (AvgIpc) is 2.81. The Morgan fingerprint density at radius 1 is 1.03 bits per heavy atom. The van der Waals surface area contributed by atoms with Gasteiger partial charge in [-0.25, -0.2) is 0 Å². The van der Waals surface area contributed by atoms with Gasteiger partial charge in [0.2, 0.25) is 5.91 Å². The largest absolute Gasteiger partial charge is 0.379 e. The lowest BCUT2D eigenvalue weighted by atomic mass is 10.0. The van der Waals surface area contributed by atoms with E-state index >= 15 is 0 Å². The first-order valence-electron chi connectivity index (χ1n) is 10.0. The Kier molecular flexibility index (Phi) is 6.03. The SMILES string of the molecule is N#Cc1ccc(N2CCN(C(=O)C(c3cccnc3)N3CCOCC3)CC2)cc1. The van der Waals surface area contributed by atoms with Gasteiger partial charge in [-0.2, -0.15) is 5.26 Å². The van der Waals surface area contributed by atoms with Crippen LogP contribution in [0.4, 0.5) is 5.69 Å². The number of amides is 1. The molecule has 1 unspecified atom stereocenters. The second-order valence-corrected chi connectivity index (χ2v) is 7.31. The van der Waals surface area contributed by atoms with Crippen molar-refractivity contribution in [1.29, 1.82) is 5.26 Å². The summed E-state index contributed by atoms with van der Waals surface area (Å²) in [6.07, 6.45) is 3.53. The third-order valence-corrected chi connectivity index (χ3v) is 5.60. The van der Waals surface area contributed by atoms with Crippen molar-refractivity contribution in [3.63, 3.8) is 0 Å². The predicted molar refractivity (Wildman–Crippen MR) is 109 cm³/mol. The Balaban J connectivity index is 1.45. The van der Waals surface area contributed by atoms with E-state index in [0.717, 1.165) is 37.4 Å². The molecule has 2 aliphatic heterocycles. The quantitative estimate of drug-likeness (QED) is 0.790. The van der Waals surface area contributed by atoms with Crippen LogP contribution < -0.4 is 4.90 Å². The lowest BCUT2D eigenvalue weighted by Gasteiger charge is -2.40. The summed E-state index contributed by atoms with van der Waals surface area (Å²) in [7, 11) is 0. The molecule has 4 rings (SSSR count). The molecule has 0 N–H and O–H groups in total. The molecule has 1 atom stereocenters. The maximum absolute atomic E-state index is 13.5. The van der Waals surface area contributed by atoms with E-state index in [1.165, 1.54) is 0 Å². The Bertz CT molecular complexity index is 851. The van der Waals surface area contributed by atoms with Crippen molar-refractivity contribution in [2.24, 2.45) is 0 Å². The van der Waals surface area contributed by atoms with Crippen LogP contribution in [0.1, 0.15) is 17.2 Å². The minimum Gasteiger partial charge on any atom is -0.379 e. The average molecular weight is 391 g/mol. The highest BCUT2D eigenvalue weighted by atomic mass is 16.5. The Morgan fingerprint density at radius 3 is 2.38 bits per heavy atom. The van der Waals surface area contributed by atoms with Gasteiger partial charge in [0.05, 0.1) is 24.8 Å². The van der Waals surface area contributed by atoms with Gasteiger partial charge in [0.25, 0.3) is 0 Å². The van der Waals surface area contributed by atoms with Crippen molar-refractivity contribution in [2.45, 2.75) is 6.04 Å². The third-order valence-electron chi connectivity index (χ3n) is 5.60. The van der Waals surface area contributed by atoms with E-state index in [1.807, 2.05) is 41.3 Å².